The third kappa shape index (κ3) is 3.63. The van der Waals surface area contributed by atoms with Crippen LogP contribution in [0.15, 0.2) is 29.4 Å². The summed E-state index contributed by atoms with van der Waals surface area (Å²) in [6, 6.07) is 5.62. The zero-order valence-electron chi connectivity index (χ0n) is 11.3. The molecular formula is C14H17N3O3. The van der Waals surface area contributed by atoms with Crippen LogP contribution in [0.3, 0.4) is 0 Å². The van der Waals surface area contributed by atoms with Crippen LogP contribution < -0.4 is 5.43 Å². The van der Waals surface area contributed by atoms with Gasteiger partial charge in [0.25, 0.3) is 11.6 Å². The summed E-state index contributed by atoms with van der Waals surface area (Å²) in [6.45, 7) is 2.16. The Morgan fingerprint density at radius 3 is 3.00 bits per heavy atom. The summed E-state index contributed by atoms with van der Waals surface area (Å²) < 4.78 is 0. The molecule has 0 saturated heterocycles. The number of nitro groups is 1. The Balaban J connectivity index is 2.03. The van der Waals surface area contributed by atoms with Gasteiger partial charge >= 0.3 is 0 Å². The molecule has 1 amide bonds. The summed E-state index contributed by atoms with van der Waals surface area (Å²) in [5.41, 5.74) is 3.61. The molecule has 20 heavy (non-hydrogen) atoms. The van der Waals surface area contributed by atoms with E-state index in [1.807, 2.05) is 0 Å². The maximum Gasteiger partial charge on any atom is 0.271 e. The van der Waals surface area contributed by atoms with Crippen molar-refractivity contribution in [1.29, 1.82) is 0 Å². The van der Waals surface area contributed by atoms with Crippen molar-refractivity contribution < 1.29 is 9.72 Å². The summed E-state index contributed by atoms with van der Waals surface area (Å²) in [5.74, 6) is 0.177. The van der Waals surface area contributed by atoms with Crippen LogP contribution in [0.25, 0.3) is 0 Å². The number of rotatable bonds is 3. The van der Waals surface area contributed by atoms with Crippen molar-refractivity contribution in [2.75, 3.05) is 0 Å². The molecule has 1 aliphatic rings. The van der Waals surface area contributed by atoms with Gasteiger partial charge in [-0.15, -0.1) is 0 Å². The molecule has 0 aromatic heterocycles. The van der Waals surface area contributed by atoms with Crippen molar-refractivity contribution in [3.8, 4) is 0 Å². The Kier molecular flexibility index (Phi) is 4.45. The number of carbonyl (C=O) groups excluding carboxylic acids is 1. The van der Waals surface area contributed by atoms with Crippen LogP contribution in [0.5, 0.6) is 0 Å². The molecule has 0 heterocycles. The van der Waals surface area contributed by atoms with E-state index in [0.717, 1.165) is 25.0 Å². The molecule has 1 aromatic carbocycles. The number of carbonyl (C=O) groups is 1. The number of nitro benzene ring substituents is 1. The lowest BCUT2D eigenvalue weighted by atomic mass is 9.89. The fourth-order valence-electron chi connectivity index (χ4n) is 2.32. The summed E-state index contributed by atoms with van der Waals surface area (Å²) in [6.07, 6.45) is 4.08. The summed E-state index contributed by atoms with van der Waals surface area (Å²) >= 11 is 0. The van der Waals surface area contributed by atoms with Gasteiger partial charge in [0.05, 0.1) is 4.92 Å². The molecule has 1 saturated carbocycles. The molecule has 106 valence electrons. The molecule has 1 atom stereocenters. The van der Waals surface area contributed by atoms with Crippen LogP contribution in [0.1, 0.15) is 43.0 Å². The Bertz CT molecular complexity index is 554. The van der Waals surface area contributed by atoms with E-state index in [-0.39, 0.29) is 11.3 Å². The van der Waals surface area contributed by atoms with E-state index in [1.165, 1.54) is 30.7 Å². The van der Waals surface area contributed by atoms with Gasteiger partial charge in [0.1, 0.15) is 0 Å². The van der Waals surface area contributed by atoms with Crippen LogP contribution in [-0.4, -0.2) is 16.5 Å². The third-order valence-corrected chi connectivity index (χ3v) is 3.38. The maximum atomic E-state index is 11.9. The summed E-state index contributed by atoms with van der Waals surface area (Å²) in [7, 11) is 0. The van der Waals surface area contributed by atoms with Gasteiger partial charge in [-0.2, -0.15) is 5.10 Å². The van der Waals surface area contributed by atoms with Crippen LogP contribution in [0.2, 0.25) is 0 Å². The van der Waals surface area contributed by atoms with Gasteiger partial charge in [0, 0.05) is 23.4 Å². The number of nitrogens with zero attached hydrogens (tertiary/aromatic N) is 2. The number of nitrogens with one attached hydrogen (secondary N) is 1. The fraction of sp³-hybridized carbons (Fsp3) is 0.429. The first-order valence-electron chi connectivity index (χ1n) is 6.66. The predicted molar refractivity (Wildman–Crippen MR) is 75.6 cm³/mol. The van der Waals surface area contributed by atoms with E-state index in [2.05, 4.69) is 17.5 Å². The molecule has 6 heteroatoms. The minimum Gasteiger partial charge on any atom is -0.267 e. The second-order valence-corrected chi connectivity index (χ2v) is 5.13. The first-order chi connectivity index (χ1) is 9.56. The quantitative estimate of drug-likeness (QED) is 0.680. The van der Waals surface area contributed by atoms with Crippen molar-refractivity contribution in [3.63, 3.8) is 0 Å². The molecule has 0 unspecified atom stereocenters. The molecule has 0 spiro atoms. The molecule has 1 aromatic rings. The van der Waals surface area contributed by atoms with Gasteiger partial charge in [-0.1, -0.05) is 13.0 Å². The third-order valence-electron chi connectivity index (χ3n) is 3.38. The Labute approximate surface area is 117 Å². The van der Waals surface area contributed by atoms with Gasteiger partial charge in [-0.25, -0.2) is 5.43 Å². The van der Waals surface area contributed by atoms with Gasteiger partial charge in [-0.05, 0) is 37.7 Å². The number of amides is 1. The predicted octanol–water partition coefficient (Wildman–Crippen LogP) is 2.89. The lowest BCUT2D eigenvalue weighted by Gasteiger charge is -2.18. The standard InChI is InChI=1S/C14H17N3O3/c1-10-4-2-6-12(8-10)15-16-14(18)11-5-3-7-13(9-11)17(19)20/h3,5,7,9-10H,2,4,6,8H2,1H3,(H,16,18)/b15-12-/t10-/m1/s1. The van der Waals surface area contributed by atoms with Gasteiger partial charge < -0.3 is 0 Å². The summed E-state index contributed by atoms with van der Waals surface area (Å²) in [4.78, 5) is 22.0. The largest absolute Gasteiger partial charge is 0.271 e. The first kappa shape index (κ1) is 14.2. The van der Waals surface area contributed by atoms with Crippen molar-refractivity contribution >= 4 is 17.3 Å². The molecule has 1 N–H and O–H groups in total. The maximum absolute atomic E-state index is 11.9. The number of benzene rings is 1. The minimum atomic E-state index is -0.522. The lowest BCUT2D eigenvalue weighted by Crippen LogP contribution is -2.22. The lowest BCUT2D eigenvalue weighted by molar-refractivity contribution is -0.384. The Hall–Kier alpha value is -2.24. The summed E-state index contributed by atoms with van der Waals surface area (Å²) in [5, 5.41) is 14.8. The topological polar surface area (TPSA) is 84.6 Å². The highest BCUT2D eigenvalue weighted by molar-refractivity contribution is 5.96. The number of hydrogen-bond donors (Lipinski definition) is 1. The second kappa shape index (κ2) is 6.27. The zero-order valence-corrected chi connectivity index (χ0v) is 11.3. The van der Waals surface area contributed by atoms with Crippen LogP contribution in [-0.2, 0) is 0 Å². The normalized spacial score (nSPS) is 20.6. The van der Waals surface area contributed by atoms with Gasteiger partial charge in [0.2, 0.25) is 0 Å². The highest BCUT2D eigenvalue weighted by Gasteiger charge is 2.15. The van der Waals surface area contributed by atoms with E-state index in [1.54, 1.807) is 0 Å². The van der Waals surface area contributed by atoms with Crippen molar-refractivity contribution in [1.82, 2.24) is 5.43 Å². The zero-order chi connectivity index (χ0) is 14.5. The van der Waals surface area contributed by atoms with E-state index in [9.17, 15) is 14.9 Å². The van der Waals surface area contributed by atoms with Gasteiger partial charge in [0.15, 0.2) is 0 Å². The van der Waals surface area contributed by atoms with E-state index < -0.39 is 10.8 Å². The van der Waals surface area contributed by atoms with E-state index in [4.69, 9.17) is 0 Å². The number of hydrazone groups is 1. The molecule has 0 aliphatic heterocycles. The highest BCUT2D eigenvalue weighted by Crippen LogP contribution is 2.21. The SMILES string of the molecule is C[C@@H]1CCC/C(=N/NC(=O)c2cccc([N+](=O)[O-])c2)C1. The minimum absolute atomic E-state index is 0.100. The Morgan fingerprint density at radius 2 is 2.30 bits per heavy atom. The van der Waals surface area contributed by atoms with Gasteiger partial charge in [-0.3, -0.25) is 14.9 Å². The molecule has 1 fully saturated rings. The molecular weight excluding hydrogens is 258 g/mol. The highest BCUT2D eigenvalue weighted by atomic mass is 16.6. The first-order valence-corrected chi connectivity index (χ1v) is 6.66. The molecule has 2 rings (SSSR count). The molecule has 1 aliphatic carbocycles. The average Bonchev–Trinajstić information content (AvgIpc) is 2.45. The second-order valence-electron chi connectivity index (χ2n) is 5.13. The molecule has 0 bridgehead atoms. The van der Waals surface area contributed by atoms with E-state index >= 15 is 0 Å². The number of hydrogen-bond acceptors (Lipinski definition) is 4. The van der Waals surface area contributed by atoms with E-state index in [0.29, 0.717) is 5.92 Å². The van der Waals surface area contributed by atoms with Crippen molar-refractivity contribution in [2.45, 2.75) is 32.6 Å². The fourth-order valence-corrected chi connectivity index (χ4v) is 2.32. The van der Waals surface area contributed by atoms with Crippen LogP contribution in [0, 0.1) is 16.0 Å². The van der Waals surface area contributed by atoms with Crippen LogP contribution >= 0.6 is 0 Å². The number of non-ortho nitro benzene ring substituents is 1. The average molecular weight is 275 g/mol. The molecule has 6 nitrogen and oxygen atoms in total. The van der Waals surface area contributed by atoms with Crippen molar-refractivity contribution in [2.24, 2.45) is 11.0 Å². The smallest absolute Gasteiger partial charge is 0.267 e. The monoisotopic (exact) mass is 275 g/mol. The Morgan fingerprint density at radius 1 is 1.50 bits per heavy atom. The van der Waals surface area contributed by atoms with Crippen LogP contribution in [0.4, 0.5) is 5.69 Å². The molecule has 0 radical (unpaired) electrons. The van der Waals surface area contributed by atoms with Crippen molar-refractivity contribution in [3.05, 3.63) is 39.9 Å².